The monoisotopic (exact) mass is 278 g/mol. The van der Waals surface area contributed by atoms with Crippen LogP contribution >= 0.6 is 11.3 Å². The van der Waals surface area contributed by atoms with E-state index >= 15 is 0 Å². The van der Waals surface area contributed by atoms with E-state index in [2.05, 4.69) is 15.6 Å². The third-order valence-corrected chi connectivity index (χ3v) is 3.67. The van der Waals surface area contributed by atoms with E-state index in [0.717, 1.165) is 4.88 Å². The fourth-order valence-corrected chi connectivity index (χ4v) is 2.39. The van der Waals surface area contributed by atoms with E-state index in [1.807, 2.05) is 24.4 Å². The minimum atomic E-state index is -0.427. The quantitative estimate of drug-likeness (QED) is 0.648. The molecule has 0 radical (unpaired) electrons. The third-order valence-electron chi connectivity index (χ3n) is 2.61. The summed E-state index contributed by atoms with van der Waals surface area (Å²) in [7, 11) is 1.68. The Kier molecular flexibility index (Phi) is 3.96. The van der Waals surface area contributed by atoms with E-state index in [4.69, 9.17) is 0 Å². The average molecular weight is 278 g/mol. The Morgan fingerprint density at radius 2 is 2.16 bits per heavy atom. The van der Waals surface area contributed by atoms with Crippen LogP contribution in [0, 0.1) is 10.1 Å². The molecule has 7 heteroatoms. The van der Waals surface area contributed by atoms with Crippen molar-refractivity contribution in [2.75, 3.05) is 17.7 Å². The predicted octanol–water partition coefficient (Wildman–Crippen LogP) is 3.27. The molecule has 0 aliphatic heterocycles. The molecule has 0 saturated carbocycles. The summed E-state index contributed by atoms with van der Waals surface area (Å²) in [6.45, 7) is 1.99. The van der Waals surface area contributed by atoms with Crippen molar-refractivity contribution in [3.63, 3.8) is 0 Å². The number of nitrogens with zero attached hydrogens (tertiary/aromatic N) is 2. The second-order valence-corrected chi connectivity index (χ2v) is 4.96. The molecule has 0 bridgehead atoms. The standard InChI is InChI=1S/C12H14N4O2S/c1-8(10-4-3-5-19-10)14-12-7-9(16(17)18)6-11(13-2)15-12/h3-8H,1-2H3,(H2,13,14,15). The molecule has 19 heavy (non-hydrogen) atoms. The molecule has 0 saturated heterocycles. The first-order valence-corrected chi connectivity index (χ1v) is 6.62. The fraction of sp³-hybridized carbons (Fsp3) is 0.250. The van der Waals surface area contributed by atoms with Crippen LogP contribution in [0.1, 0.15) is 17.8 Å². The van der Waals surface area contributed by atoms with Crippen molar-refractivity contribution in [2.24, 2.45) is 0 Å². The molecule has 0 spiro atoms. The number of pyridine rings is 1. The molecule has 0 aliphatic carbocycles. The van der Waals surface area contributed by atoms with Gasteiger partial charge in [0.05, 0.1) is 23.1 Å². The van der Waals surface area contributed by atoms with Crippen molar-refractivity contribution in [1.82, 2.24) is 4.98 Å². The average Bonchev–Trinajstić information content (AvgIpc) is 2.92. The minimum absolute atomic E-state index is 0.0141. The maximum atomic E-state index is 10.9. The molecule has 6 nitrogen and oxygen atoms in total. The predicted molar refractivity (Wildman–Crippen MR) is 76.8 cm³/mol. The van der Waals surface area contributed by atoms with Gasteiger partial charge in [-0.25, -0.2) is 4.98 Å². The minimum Gasteiger partial charge on any atom is -0.373 e. The molecule has 0 aliphatic rings. The van der Waals surface area contributed by atoms with E-state index in [-0.39, 0.29) is 11.7 Å². The lowest BCUT2D eigenvalue weighted by Gasteiger charge is -2.13. The highest BCUT2D eigenvalue weighted by atomic mass is 32.1. The van der Waals surface area contributed by atoms with E-state index < -0.39 is 4.92 Å². The highest BCUT2D eigenvalue weighted by Crippen LogP contribution is 2.25. The van der Waals surface area contributed by atoms with Gasteiger partial charge in [-0.2, -0.15) is 0 Å². The second kappa shape index (κ2) is 5.66. The van der Waals surface area contributed by atoms with E-state index in [1.54, 1.807) is 18.4 Å². The maximum Gasteiger partial charge on any atom is 0.276 e. The SMILES string of the molecule is CNc1cc([N+](=O)[O-])cc(NC(C)c2cccs2)n1. The number of anilines is 2. The topological polar surface area (TPSA) is 80.1 Å². The van der Waals surface area contributed by atoms with Crippen molar-refractivity contribution in [3.05, 3.63) is 44.6 Å². The van der Waals surface area contributed by atoms with Gasteiger partial charge in [-0.15, -0.1) is 11.3 Å². The van der Waals surface area contributed by atoms with Gasteiger partial charge in [-0.05, 0) is 18.4 Å². The Labute approximate surface area is 114 Å². The van der Waals surface area contributed by atoms with Crippen LogP contribution < -0.4 is 10.6 Å². The Hall–Kier alpha value is -2.15. The summed E-state index contributed by atoms with van der Waals surface area (Å²) in [6, 6.07) is 6.88. The molecule has 100 valence electrons. The van der Waals surface area contributed by atoms with Crippen molar-refractivity contribution < 1.29 is 4.92 Å². The van der Waals surface area contributed by atoms with Crippen LogP contribution in [0.2, 0.25) is 0 Å². The largest absolute Gasteiger partial charge is 0.373 e. The van der Waals surface area contributed by atoms with Crippen molar-refractivity contribution >= 4 is 28.7 Å². The van der Waals surface area contributed by atoms with Crippen LogP contribution in [-0.2, 0) is 0 Å². The van der Waals surface area contributed by atoms with E-state index in [0.29, 0.717) is 11.6 Å². The normalized spacial score (nSPS) is 11.9. The summed E-state index contributed by atoms with van der Waals surface area (Å²) < 4.78 is 0. The molecular weight excluding hydrogens is 264 g/mol. The van der Waals surface area contributed by atoms with E-state index in [1.165, 1.54) is 12.1 Å². The first-order chi connectivity index (χ1) is 9.10. The van der Waals surface area contributed by atoms with Crippen molar-refractivity contribution in [1.29, 1.82) is 0 Å². The molecule has 0 amide bonds. The van der Waals surface area contributed by atoms with E-state index in [9.17, 15) is 10.1 Å². The summed E-state index contributed by atoms with van der Waals surface area (Å²) in [5.41, 5.74) is 0.0141. The number of rotatable bonds is 5. The van der Waals surface area contributed by atoms with Gasteiger partial charge >= 0.3 is 0 Å². The zero-order valence-electron chi connectivity index (χ0n) is 10.6. The Bertz CT molecular complexity index is 571. The molecule has 1 atom stereocenters. The Morgan fingerprint density at radius 3 is 2.74 bits per heavy atom. The molecular formula is C12H14N4O2S. The highest BCUT2D eigenvalue weighted by molar-refractivity contribution is 7.10. The van der Waals surface area contributed by atoms with Gasteiger partial charge < -0.3 is 10.6 Å². The molecule has 2 N–H and O–H groups in total. The Balaban J connectivity index is 2.24. The first kappa shape index (κ1) is 13.3. The zero-order chi connectivity index (χ0) is 13.8. The van der Waals surface area contributed by atoms with Crippen LogP contribution in [-0.4, -0.2) is 17.0 Å². The fourth-order valence-electron chi connectivity index (χ4n) is 1.65. The van der Waals surface area contributed by atoms with Gasteiger partial charge in [0, 0.05) is 11.9 Å². The van der Waals surface area contributed by atoms with Gasteiger partial charge in [0.2, 0.25) is 0 Å². The Morgan fingerprint density at radius 1 is 1.42 bits per heavy atom. The van der Waals surface area contributed by atoms with Crippen molar-refractivity contribution in [2.45, 2.75) is 13.0 Å². The molecule has 0 aromatic carbocycles. The molecule has 0 fully saturated rings. The van der Waals surface area contributed by atoms with Gasteiger partial charge in [-0.3, -0.25) is 10.1 Å². The lowest BCUT2D eigenvalue weighted by Crippen LogP contribution is -2.08. The molecule has 2 heterocycles. The molecule has 1 unspecified atom stereocenters. The van der Waals surface area contributed by atoms with Crippen LogP contribution in [0.4, 0.5) is 17.3 Å². The number of hydrogen-bond acceptors (Lipinski definition) is 6. The lowest BCUT2D eigenvalue weighted by atomic mass is 10.2. The van der Waals surface area contributed by atoms with Crippen LogP contribution in [0.5, 0.6) is 0 Å². The van der Waals surface area contributed by atoms with Crippen LogP contribution in [0.25, 0.3) is 0 Å². The third kappa shape index (κ3) is 3.19. The summed E-state index contributed by atoms with van der Waals surface area (Å²) in [5.74, 6) is 0.953. The molecule has 2 aromatic rings. The lowest BCUT2D eigenvalue weighted by molar-refractivity contribution is -0.384. The summed E-state index contributed by atoms with van der Waals surface area (Å²) in [5, 5.41) is 18.8. The second-order valence-electron chi connectivity index (χ2n) is 3.98. The smallest absolute Gasteiger partial charge is 0.276 e. The summed E-state index contributed by atoms with van der Waals surface area (Å²) >= 11 is 1.63. The molecule has 2 rings (SSSR count). The number of hydrogen-bond donors (Lipinski definition) is 2. The summed E-state index contributed by atoms with van der Waals surface area (Å²) in [6.07, 6.45) is 0. The van der Waals surface area contributed by atoms with Crippen molar-refractivity contribution in [3.8, 4) is 0 Å². The number of thiophene rings is 1. The highest BCUT2D eigenvalue weighted by Gasteiger charge is 2.13. The van der Waals surface area contributed by atoms with Crippen LogP contribution in [0.15, 0.2) is 29.6 Å². The number of aromatic nitrogens is 1. The van der Waals surface area contributed by atoms with Gasteiger partial charge in [0.1, 0.15) is 11.6 Å². The zero-order valence-corrected chi connectivity index (χ0v) is 11.4. The van der Waals surface area contributed by atoms with Gasteiger partial charge in [0.15, 0.2) is 0 Å². The molecule has 2 aromatic heterocycles. The first-order valence-electron chi connectivity index (χ1n) is 5.74. The van der Waals surface area contributed by atoms with Gasteiger partial charge in [-0.1, -0.05) is 6.07 Å². The van der Waals surface area contributed by atoms with Crippen LogP contribution in [0.3, 0.4) is 0 Å². The maximum absolute atomic E-state index is 10.9. The number of nitrogens with one attached hydrogen (secondary N) is 2. The summed E-state index contributed by atoms with van der Waals surface area (Å²) in [4.78, 5) is 15.8. The van der Waals surface area contributed by atoms with Gasteiger partial charge in [0.25, 0.3) is 5.69 Å². The number of nitro groups is 1.